The van der Waals surface area contributed by atoms with Gasteiger partial charge in [0.1, 0.15) is 5.82 Å². The molecule has 6 nitrogen and oxygen atoms in total. The molecule has 0 saturated carbocycles. The van der Waals surface area contributed by atoms with Crippen LogP contribution in [0.25, 0.3) is 0 Å². The molecular formula is C15H24N4O2. The van der Waals surface area contributed by atoms with E-state index < -0.39 is 0 Å². The fourth-order valence-corrected chi connectivity index (χ4v) is 2.44. The van der Waals surface area contributed by atoms with E-state index in [1.165, 1.54) is 0 Å². The van der Waals surface area contributed by atoms with Crippen LogP contribution in [0.1, 0.15) is 24.2 Å². The van der Waals surface area contributed by atoms with Crippen LogP contribution in [0.2, 0.25) is 0 Å². The predicted molar refractivity (Wildman–Crippen MR) is 82.4 cm³/mol. The number of carbonyl (C=O) groups is 1. The summed E-state index contributed by atoms with van der Waals surface area (Å²) >= 11 is 0. The normalized spacial score (nSPS) is 16.3. The van der Waals surface area contributed by atoms with Crippen molar-refractivity contribution in [2.45, 2.75) is 19.9 Å². The lowest BCUT2D eigenvalue weighted by atomic mass is 10.2. The van der Waals surface area contributed by atoms with E-state index in [4.69, 9.17) is 5.11 Å². The summed E-state index contributed by atoms with van der Waals surface area (Å²) in [5.41, 5.74) is 0.670. The van der Waals surface area contributed by atoms with E-state index in [9.17, 15) is 4.79 Å². The number of β-amino-alcohol motifs (C(OH)–C–C–N with tert-alkyl or cyclic N) is 1. The monoisotopic (exact) mass is 292 g/mol. The van der Waals surface area contributed by atoms with Crippen LogP contribution in [-0.2, 0) is 0 Å². The molecule has 2 heterocycles. The molecule has 116 valence electrons. The van der Waals surface area contributed by atoms with Gasteiger partial charge in [0.05, 0.1) is 6.61 Å². The van der Waals surface area contributed by atoms with E-state index in [0.717, 1.165) is 18.9 Å². The zero-order valence-electron chi connectivity index (χ0n) is 12.7. The highest BCUT2D eigenvalue weighted by Gasteiger charge is 2.22. The standard InChI is InChI=1S/C15H24N4O2/c1-12(2)17-14-11-13(3-4-16-14)15(21)19-7-5-18(6-8-19)9-10-20/h3-4,11-12,20H,5-10H2,1-2H3,(H,16,17). The lowest BCUT2D eigenvalue weighted by Crippen LogP contribution is -2.49. The number of amides is 1. The van der Waals surface area contributed by atoms with Crippen molar-refractivity contribution in [3.05, 3.63) is 23.9 Å². The summed E-state index contributed by atoms with van der Waals surface area (Å²) in [6, 6.07) is 3.85. The molecule has 21 heavy (non-hydrogen) atoms. The van der Waals surface area contributed by atoms with Crippen molar-refractivity contribution in [2.75, 3.05) is 44.6 Å². The van der Waals surface area contributed by atoms with Crippen molar-refractivity contribution in [1.82, 2.24) is 14.8 Å². The number of piperazine rings is 1. The van der Waals surface area contributed by atoms with Crippen LogP contribution in [0.15, 0.2) is 18.3 Å². The average molecular weight is 292 g/mol. The number of nitrogens with zero attached hydrogens (tertiary/aromatic N) is 3. The maximum Gasteiger partial charge on any atom is 0.254 e. The van der Waals surface area contributed by atoms with E-state index in [2.05, 4.69) is 15.2 Å². The number of aliphatic hydroxyl groups excluding tert-OH is 1. The van der Waals surface area contributed by atoms with E-state index in [-0.39, 0.29) is 18.6 Å². The molecule has 1 aliphatic heterocycles. The summed E-state index contributed by atoms with van der Waals surface area (Å²) in [6.07, 6.45) is 1.67. The highest BCUT2D eigenvalue weighted by molar-refractivity contribution is 5.94. The van der Waals surface area contributed by atoms with Crippen molar-refractivity contribution in [2.24, 2.45) is 0 Å². The number of nitrogens with one attached hydrogen (secondary N) is 1. The van der Waals surface area contributed by atoms with Gasteiger partial charge in [-0.3, -0.25) is 9.69 Å². The molecule has 2 rings (SSSR count). The maximum absolute atomic E-state index is 12.5. The van der Waals surface area contributed by atoms with Crippen LogP contribution in [-0.4, -0.2) is 71.2 Å². The number of hydrogen-bond acceptors (Lipinski definition) is 5. The van der Waals surface area contributed by atoms with Gasteiger partial charge in [0.2, 0.25) is 0 Å². The lowest BCUT2D eigenvalue weighted by Gasteiger charge is -2.34. The number of carbonyl (C=O) groups excluding carboxylic acids is 1. The summed E-state index contributed by atoms with van der Waals surface area (Å²) in [5.74, 6) is 0.780. The van der Waals surface area contributed by atoms with Gasteiger partial charge in [-0.15, -0.1) is 0 Å². The number of aromatic nitrogens is 1. The van der Waals surface area contributed by atoms with Crippen molar-refractivity contribution in [3.63, 3.8) is 0 Å². The highest BCUT2D eigenvalue weighted by Crippen LogP contribution is 2.12. The molecule has 1 aromatic rings. The van der Waals surface area contributed by atoms with Gasteiger partial charge in [0.25, 0.3) is 5.91 Å². The van der Waals surface area contributed by atoms with Gasteiger partial charge in [0.15, 0.2) is 0 Å². The minimum Gasteiger partial charge on any atom is -0.395 e. The largest absolute Gasteiger partial charge is 0.395 e. The first kappa shape index (κ1) is 15.7. The Morgan fingerprint density at radius 2 is 2.10 bits per heavy atom. The van der Waals surface area contributed by atoms with Gasteiger partial charge in [-0.05, 0) is 26.0 Å². The molecule has 1 fully saturated rings. The summed E-state index contributed by atoms with van der Waals surface area (Å²) in [7, 11) is 0. The van der Waals surface area contributed by atoms with Gasteiger partial charge < -0.3 is 15.3 Å². The molecule has 0 atom stereocenters. The molecule has 0 bridgehead atoms. The second kappa shape index (κ2) is 7.38. The van der Waals surface area contributed by atoms with Crippen molar-refractivity contribution >= 4 is 11.7 Å². The smallest absolute Gasteiger partial charge is 0.254 e. The Morgan fingerprint density at radius 3 is 2.71 bits per heavy atom. The quantitative estimate of drug-likeness (QED) is 0.834. The summed E-state index contributed by atoms with van der Waals surface area (Å²) in [5, 5.41) is 12.1. The van der Waals surface area contributed by atoms with Gasteiger partial charge in [0, 0.05) is 50.5 Å². The van der Waals surface area contributed by atoms with Crippen molar-refractivity contribution in [1.29, 1.82) is 0 Å². The van der Waals surface area contributed by atoms with Crippen molar-refractivity contribution < 1.29 is 9.90 Å². The Morgan fingerprint density at radius 1 is 1.38 bits per heavy atom. The zero-order chi connectivity index (χ0) is 15.2. The third-order valence-electron chi connectivity index (χ3n) is 3.52. The van der Waals surface area contributed by atoms with Crippen LogP contribution >= 0.6 is 0 Å². The second-order valence-corrected chi connectivity index (χ2v) is 5.59. The Labute approximate surface area is 125 Å². The lowest BCUT2D eigenvalue weighted by molar-refractivity contribution is 0.0615. The van der Waals surface area contributed by atoms with Crippen LogP contribution in [0.3, 0.4) is 0 Å². The molecule has 0 radical (unpaired) electrons. The zero-order valence-corrected chi connectivity index (χ0v) is 12.7. The number of pyridine rings is 1. The Kier molecular flexibility index (Phi) is 5.52. The van der Waals surface area contributed by atoms with Gasteiger partial charge in [-0.25, -0.2) is 4.98 Å². The van der Waals surface area contributed by atoms with Crippen LogP contribution in [0.4, 0.5) is 5.82 Å². The Bertz CT molecular complexity index is 470. The molecule has 0 aromatic carbocycles. The van der Waals surface area contributed by atoms with Gasteiger partial charge in [-0.1, -0.05) is 0 Å². The number of aliphatic hydroxyl groups is 1. The first-order valence-electron chi connectivity index (χ1n) is 7.45. The summed E-state index contributed by atoms with van der Waals surface area (Å²) in [6.45, 7) is 7.96. The SMILES string of the molecule is CC(C)Nc1cc(C(=O)N2CCN(CCO)CC2)ccn1. The molecule has 1 amide bonds. The molecule has 2 N–H and O–H groups in total. The van der Waals surface area contributed by atoms with E-state index in [0.29, 0.717) is 25.2 Å². The molecule has 1 aliphatic rings. The second-order valence-electron chi connectivity index (χ2n) is 5.59. The predicted octanol–water partition coefficient (Wildman–Crippen LogP) is 0.652. The molecule has 6 heteroatoms. The summed E-state index contributed by atoms with van der Waals surface area (Å²) < 4.78 is 0. The van der Waals surface area contributed by atoms with Crippen LogP contribution < -0.4 is 5.32 Å². The third-order valence-corrected chi connectivity index (χ3v) is 3.52. The van der Waals surface area contributed by atoms with E-state index >= 15 is 0 Å². The Hall–Kier alpha value is -1.66. The third kappa shape index (κ3) is 4.41. The number of rotatable bonds is 5. The van der Waals surface area contributed by atoms with E-state index in [1.807, 2.05) is 24.8 Å². The summed E-state index contributed by atoms with van der Waals surface area (Å²) in [4.78, 5) is 20.8. The highest BCUT2D eigenvalue weighted by atomic mass is 16.3. The van der Waals surface area contributed by atoms with E-state index in [1.54, 1.807) is 12.3 Å². The first-order valence-corrected chi connectivity index (χ1v) is 7.45. The molecule has 0 spiro atoms. The maximum atomic E-state index is 12.5. The fraction of sp³-hybridized carbons (Fsp3) is 0.600. The number of anilines is 1. The first-order chi connectivity index (χ1) is 10.1. The molecule has 1 aromatic heterocycles. The molecule has 0 aliphatic carbocycles. The minimum absolute atomic E-state index is 0.0489. The van der Waals surface area contributed by atoms with Gasteiger partial charge >= 0.3 is 0 Å². The van der Waals surface area contributed by atoms with Crippen molar-refractivity contribution in [3.8, 4) is 0 Å². The average Bonchev–Trinajstić information content (AvgIpc) is 2.47. The molecule has 1 saturated heterocycles. The molecular weight excluding hydrogens is 268 g/mol. The Balaban J connectivity index is 1.97. The van der Waals surface area contributed by atoms with Crippen LogP contribution in [0, 0.1) is 0 Å². The van der Waals surface area contributed by atoms with Crippen LogP contribution in [0.5, 0.6) is 0 Å². The van der Waals surface area contributed by atoms with Gasteiger partial charge in [-0.2, -0.15) is 0 Å². The topological polar surface area (TPSA) is 68.7 Å². The minimum atomic E-state index is 0.0489. The number of hydrogen-bond donors (Lipinski definition) is 2. The molecule has 0 unspecified atom stereocenters. The fourth-order valence-electron chi connectivity index (χ4n) is 2.44.